The highest BCUT2D eigenvalue weighted by Gasteiger charge is 2.07. The number of hydrogen-bond acceptors (Lipinski definition) is 4. The van der Waals surface area contributed by atoms with Gasteiger partial charge in [-0.1, -0.05) is 0 Å². The number of aromatic amines is 1. The van der Waals surface area contributed by atoms with Crippen LogP contribution in [0.3, 0.4) is 0 Å². The fourth-order valence-electron chi connectivity index (χ4n) is 1.89. The van der Waals surface area contributed by atoms with Crippen molar-refractivity contribution in [3.63, 3.8) is 0 Å². The summed E-state index contributed by atoms with van der Waals surface area (Å²) in [6.45, 7) is 2.61. The van der Waals surface area contributed by atoms with E-state index < -0.39 is 0 Å². The van der Waals surface area contributed by atoms with Gasteiger partial charge in [-0.2, -0.15) is 0 Å². The van der Waals surface area contributed by atoms with Gasteiger partial charge < -0.3 is 9.72 Å². The predicted octanol–water partition coefficient (Wildman–Crippen LogP) is 3.05. The summed E-state index contributed by atoms with van der Waals surface area (Å²) in [5, 5.41) is 0. The van der Waals surface area contributed by atoms with Gasteiger partial charge in [0.25, 0.3) is 5.56 Å². The summed E-state index contributed by atoms with van der Waals surface area (Å²) in [6, 6.07) is 9.78. The van der Waals surface area contributed by atoms with E-state index in [2.05, 4.69) is 9.97 Å². The molecule has 1 aromatic carbocycles. The molecule has 4 nitrogen and oxygen atoms in total. The maximum absolute atomic E-state index is 11.7. The lowest BCUT2D eigenvalue weighted by Gasteiger charge is -2.03. The highest BCUT2D eigenvalue weighted by Crippen LogP contribution is 2.31. The Hall–Kier alpha value is -2.14. The maximum atomic E-state index is 11.7. The SMILES string of the molecule is CCOc1ccc(-c2cc3nc[nH]c(=O)c3s2)cc1. The van der Waals surface area contributed by atoms with Crippen LogP contribution >= 0.6 is 11.3 Å². The first-order valence-corrected chi connectivity index (χ1v) is 6.80. The summed E-state index contributed by atoms with van der Waals surface area (Å²) in [6.07, 6.45) is 1.43. The minimum Gasteiger partial charge on any atom is -0.494 e. The van der Waals surface area contributed by atoms with Gasteiger partial charge in [-0.25, -0.2) is 4.98 Å². The van der Waals surface area contributed by atoms with E-state index >= 15 is 0 Å². The van der Waals surface area contributed by atoms with Crippen molar-refractivity contribution in [3.8, 4) is 16.2 Å². The molecule has 1 N–H and O–H groups in total. The number of ether oxygens (including phenoxy) is 1. The first kappa shape index (κ1) is 11.9. The van der Waals surface area contributed by atoms with Crippen LogP contribution in [0, 0.1) is 0 Å². The topological polar surface area (TPSA) is 55.0 Å². The number of aromatic nitrogens is 2. The van der Waals surface area contributed by atoms with Crippen molar-refractivity contribution in [3.05, 3.63) is 47.0 Å². The maximum Gasteiger partial charge on any atom is 0.268 e. The molecule has 0 spiro atoms. The lowest BCUT2D eigenvalue weighted by Crippen LogP contribution is -2.02. The fourth-order valence-corrected chi connectivity index (χ4v) is 2.90. The van der Waals surface area contributed by atoms with Gasteiger partial charge in [-0.05, 0) is 42.8 Å². The summed E-state index contributed by atoms with van der Waals surface area (Å²) in [4.78, 5) is 19.4. The van der Waals surface area contributed by atoms with E-state index in [9.17, 15) is 4.79 Å². The average Bonchev–Trinajstić information content (AvgIpc) is 2.85. The van der Waals surface area contributed by atoms with Crippen molar-refractivity contribution in [2.75, 3.05) is 6.61 Å². The molecule has 3 rings (SSSR count). The number of nitrogens with one attached hydrogen (secondary N) is 1. The Morgan fingerprint density at radius 1 is 1.32 bits per heavy atom. The van der Waals surface area contributed by atoms with Crippen molar-refractivity contribution in [1.29, 1.82) is 0 Å². The van der Waals surface area contributed by atoms with Gasteiger partial charge >= 0.3 is 0 Å². The second kappa shape index (κ2) is 4.85. The van der Waals surface area contributed by atoms with Crippen LogP contribution in [0.4, 0.5) is 0 Å². The molecular weight excluding hydrogens is 260 g/mol. The van der Waals surface area contributed by atoms with Crippen molar-refractivity contribution in [2.45, 2.75) is 6.92 Å². The Morgan fingerprint density at radius 2 is 2.11 bits per heavy atom. The van der Waals surface area contributed by atoms with Crippen LogP contribution < -0.4 is 10.3 Å². The summed E-state index contributed by atoms with van der Waals surface area (Å²) in [5.41, 5.74) is 1.70. The van der Waals surface area contributed by atoms with Crippen LogP contribution in [-0.2, 0) is 0 Å². The van der Waals surface area contributed by atoms with E-state index in [0.29, 0.717) is 11.3 Å². The van der Waals surface area contributed by atoms with Crippen LogP contribution in [0.1, 0.15) is 6.92 Å². The lowest BCUT2D eigenvalue weighted by atomic mass is 10.2. The Balaban J connectivity index is 2.04. The molecule has 0 amide bonds. The Kier molecular flexibility index (Phi) is 3.05. The number of fused-ring (bicyclic) bond motifs is 1. The minimum atomic E-state index is -0.0906. The quantitative estimate of drug-likeness (QED) is 0.797. The molecule has 0 aliphatic heterocycles. The molecule has 19 heavy (non-hydrogen) atoms. The van der Waals surface area contributed by atoms with E-state index in [0.717, 1.165) is 21.7 Å². The van der Waals surface area contributed by atoms with E-state index in [4.69, 9.17) is 4.74 Å². The third kappa shape index (κ3) is 2.24. The smallest absolute Gasteiger partial charge is 0.268 e. The van der Waals surface area contributed by atoms with Crippen LogP contribution in [0.25, 0.3) is 20.7 Å². The van der Waals surface area contributed by atoms with Crippen molar-refractivity contribution in [2.24, 2.45) is 0 Å². The van der Waals surface area contributed by atoms with Crippen molar-refractivity contribution >= 4 is 21.6 Å². The van der Waals surface area contributed by atoms with Crippen LogP contribution in [0.2, 0.25) is 0 Å². The monoisotopic (exact) mass is 272 g/mol. The number of thiophene rings is 1. The Morgan fingerprint density at radius 3 is 2.79 bits per heavy atom. The molecule has 3 aromatic rings. The number of rotatable bonds is 3. The molecule has 2 aromatic heterocycles. The van der Waals surface area contributed by atoms with E-state index in [-0.39, 0.29) is 5.56 Å². The third-order valence-electron chi connectivity index (χ3n) is 2.77. The molecule has 0 aliphatic rings. The number of H-pyrrole nitrogens is 1. The predicted molar refractivity (Wildman–Crippen MR) is 76.8 cm³/mol. The molecule has 0 atom stereocenters. The van der Waals surface area contributed by atoms with Crippen LogP contribution in [0.15, 0.2) is 41.5 Å². The van der Waals surface area contributed by atoms with E-state index in [1.165, 1.54) is 17.7 Å². The summed E-state index contributed by atoms with van der Waals surface area (Å²) < 4.78 is 6.07. The van der Waals surface area contributed by atoms with Crippen LogP contribution in [-0.4, -0.2) is 16.6 Å². The van der Waals surface area contributed by atoms with Gasteiger partial charge in [0.15, 0.2) is 0 Å². The zero-order valence-electron chi connectivity index (χ0n) is 10.3. The molecule has 96 valence electrons. The normalized spacial score (nSPS) is 10.8. The van der Waals surface area contributed by atoms with Gasteiger partial charge in [0.2, 0.25) is 0 Å². The minimum absolute atomic E-state index is 0.0906. The first-order valence-electron chi connectivity index (χ1n) is 5.98. The zero-order chi connectivity index (χ0) is 13.2. The van der Waals surface area contributed by atoms with Crippen LogP contribution in [0.5, 0.6) is 5.75 Å². The fraction of sp³-hybridized carbons (Fsp3) is 0.143. The molecule has 2 heterocycles. The lowest BCUT2D eigenvalue weighted by molar-refractivity contribution is 0.340. The molecule has 0 saturated carbocycles. The second-order valence-electron chi connectivity index (χ2n) is 4.01. The van der Waals surface area contributed by atoms with Gasteiger partial charge in [0.05, 0.1) is 18.5 Å². The van der Waals surface area contributed by atoms with Gasteiger partial charge in [-0.3, -0.25) is 4.79 Å². The summed E-state index contributed by atoms with van der Waals surface area (Å²) >= 11 is 1.45. The Bertz CT molecular complexity index is 759. The highest BCUT2D eigenvalue weighted by atomic mass is 32.1. The zero-order valence-corrected chi connectivity index (χ0v) is 11.2. The molecule has 0 unspecified atom stereocenters. The number of benzene rings is 1. The summed E-state index contributed by atoms with van der Waals surface area (Å²) in [7, 11) is 0. The second-order valence-corrected chi connectivity index (χ2v) is 5.07. The highest BCUT2D eigenvalue weighted by molar-refractivity contribution is 7.22. The number of hydrogen-bond donors (Lipinski definition) is 1. The van der Waals surface area contributed by atoms with E-state index in [1.807, 2.05) is 37.3 Å². The third-order valence-corrected chi connectivity index (χ3v) is 3.94. The molecule has 5 heteroatoms. The van der Waals surface area contributed by atoms with Gasteiger partial charge in [-0.15, -0.1) is 11.3 Å². The Labute approximate surface area is 113 Å². The summed E-state index contributed by atoms with van der Waals surface area (Å²) in [5.74, 6) is 0.850. The molecule has 0 fully saturated rings. The molecule has 0 radical (unpaired) electrons. The average molecular weight is 272 g/mol. The molecule has 0 aliphatic carbocycles. The van der Waals surface area contributed by atoms with Gasteiger partial charge in [0.1, 0.15) is 10.4 Å². The standard InChI is InChI=1S/C14H12N2O2S/c1-2-18-10-5-3-9(4-6-10)12-7-11-13(19-12)14(17)16-8-15-11/h3-8H,2H2,1H3,(H,15,16,17). The molecule has 0 bridgehead atoms. The number of nitrogens with zero attached hydrogens (tertiary/aromatic N) is 1. The molecular formula is C14H12N2O2S. The molecule has 0 saturated heterocycles. The first-order chi connectivity index (χ1) is 9.28. The largest absolute Gasteiger partial charge is 0.494 e. The van der Waals surface area contributed by atoms with Gasteiger partial charge in [0, 0.05) is 4.88 Å². The van der Waals surface area contributed by atoms with Crippen molar-refractivity contribution < 1.29 is 4.74 Å². The van der Waals surface area contributed by atoms with E-state index in [1.54, 1.807) is 0 Å². The van der Waals surface area contributed by atoms with Crippen molar-refractivity contribution in [1.82, 2.24) is 9.97 Å².